The molecule has 118 valence electrons. The van der Waals surface area contributed by atoms with Crippen LogP contribution in [0.15, 0.2) is 30.3 Å². The maximum absolute atomic E-state index is 11.0. The van der Waals surface area contributed by atoms with Gasteiger partial charge in [-0.1, -0.05) is 30.3 Å². The molecule has 0 spiro atoms. The topological polar surface area (TPSA) is 32.3 Å². The van der Waals surface area contributed by atoms with Gasteiger partial charge in [0.15, 0.2) is 0 Å². The Labute approximate surface area is 131 Å². The zero-order valence-corrected chi connectivity index (χ0v) is 13.9. The van der Waals surface area contributed by atoms with E-state index >= 15 is 0 Å². The number of piperidine rings is 1. The van der Waals surface area contributed by atoms with Crippen molar-refractivity contribution in [2.24, 2.45) is 0 Å². The first-order valence-electron chi connectivity index (χ1n) is 8.04. The minimum atomic E-state index is -0.647. The number of likely N-dealkylation sites (tertiary alicyclic amines) is 1. The van der Waals surface area contributed by atoms with E-state index < -0.39 is 10.8 Å². The van der Waals surface area contributed by atoms with Crippen molar-refractivity contribution >= 4 is 10.8 Å². The molecule has 21 heavy (non-hydrogen) atoms. The highest BCUT2D eigenvalue weighted by molar-refractivity contribution is 7.84. The third-order valence-corrected chi connectivity index (χ3v) is 5.05. The lowest BCUT2D eigenvalue weighted by Crippen LogP contribution is -2.43. The summed E-state index contributed by atoms with van der Waals surface area (Å²) in [7, 11) is -0.647. The van der Waals surface area contributed by atoms with Crippen LogP contribution in [0.1, 0.15) is 24.8 Å². The van der Waals surface area contributed by atoms with Gasteiger partial charge < -0.3 is 10.2 Å². The van der Waals surface area contributed by atoms with Crippen molar-refractivity contribution in [2.75, 3.05) is 38.2 Å². The largest absolute Gasteiger partial charge is 0.314 e. The molecule has 0 saturated carbocycles. The van der Waals surface area contributed by atoms with Gasteiger partial charge >= 0.3 is 0 Å². The van der Waals surface area contributed by atoms with E-state index in [4.69, 9.17) is 0 Å². The van der Waals surface area contributed by atoms with Crippen LogP contribution in [0.4, 0.5) is 0 Å². The highest BCUT2D eigenvalue weighted by Crippen LogP contribution is 2.11. The summed E-state index contributed by atoms with van der Waals surface area (Å²) in [4.78, 5) is 2.58. The van der Waals surface area contributed by atoms with Crippen molar-refractivity contribution in [1.82, 2.24) is 10.2 Å². The number of nitrogens with zero attached hydrogens (tertiary/aromatic N) is 1. The Bertz CT molecular complexity index is 416. The molecule has 1 unspecified atom stereocenters. The number of hydrogen-bond donors (Lipinski definition) is 1. The Hall–Kier alpha value is -0.710. The van der Waals surface area contributed by atoms with Crippen LogP contribution in [0, 0.1) is 0 Å². The molecule has 1 fully saturated rings. The summed E-state index contributed by atoms with van der Waals surface area (Å²) < 4.78 is 11.0. The maximum Gasteiger partial charge on any atom is 0.0244 e. The number of rotatable bonds is 8. The Morgan fingerprint density at radius 3 is 2.62 bits per heavy atom. The van der Waals surface area contributed by atoms with Gasteiger partial charge in [-0.2, -0.15) is 0 Å². The molecule has 2 rings (SSSR count). The number of hydrogen-bond acceptors (Lipinski definition) is 3. The zero-order valence-electron chi connectivity index (χ0n) is 13.1. The van der Waals surface area contributed by atoms with Crippen molar-refractivity contribution in [3.8, 4) is 0 Å². The highest BCUT2D eigenvalue weighted by Gasteiger charge is 2.18. The van der Waals surface area contributed by atoms with Gasteiger partial charge in [-0.15, -0.1) is 0 Å². The molecule has 1 aromatic rings. The first-order chi connectivity index (χ1) is 10.2. The average Bonchev–Trinajstić information content (AvgIpc) is 2.51. The van der Waals surface area contributed by atoms with E-state index in [9.17, 15) is 4.21 Å². The zero-order chi connectivity index (χ0) is 14.9. The predicted octanol–water partition coefficient (Wildman–Crippen LogP) is 2.05. The van der Waals surface area contributed by atoms with Crippen LogP contribution in [0.5, 0.6) is 0 Å². The first-order valence-corrected chi connectivity index (χ1v) is 9.76. The minimum Gasteiger partial charge on any atom is -0.314 e. The molecule has 1 aliphatic rings. The molecule has 0 amide bonds. The van der Waals surface area contributed by atoms with Gasteiger partial charge in [0.1, 0.15) is 0 Å². The monoisotopic (exact) mass is 308 g/mol. The van der Waals surface area contributed by atoms with E-state index in [1.165, 1.54) is 38.0 Å². The average molecular weight is 308 g/mol. The van der Waals surface area contributed by atoms with Crippen LogP contribution in [0.25, 0.3) is 0 Å². The van der Waals surface area contributed by atoms with E-state index in [1.807, 2.05) is 0 Å². The van der Waals surface area contributed by atoms with E-state index in [1.54, 1.807) is 6.26 Å². The van der Waals surface area contributed by atoms with Crippen LogP contribution < -0.4 is 5.32 Å². The van der Waals surface area contributed by atoms with Gasteiger partial charge in [-0.3, -0.25) is 4.21 Å². The second-order valence-electron chi connectivity index (χ2n) is 5.94. The van der Waals surface area contributed by atoms with Crippen LogP contribution in [0.2, 0.25) is 0 Å². The van der Waals surface area contributed by atoms with Crippen molar-refractivity contribution in [3.05, 3.63) is 35.9 Å². The number of benzene rings is 1. The standard InChI is InChI=1S/C17H28N2OS/c1-21(20)15-5-11-18-17-9-13-19(14-10-17)12-8-16-6-3-2-4-7-16/h2-4,6-7,17-18H,5,8-15H2,1H3. The fourth-order valence-corrected chi connectivity index (χ4v) is 3.43. The van der Waals surface area contributed by atoms with Gasteiger partial charge in [0.25, 0.3) is 0 Å². The van der Waals surface area contributed by atoms with Crippen LogP contribution >= 0.6 is 0 Å². The normalized spacial score (nSPS) is 18.7. The quantitative estimate of drug-likeness (QED) is 0.746. The summed E-state index contributed by atoms with van der Waals surface area (Å²) in [5.74, 6) is 0.822. The highest BCUT2D eigenvalue weighted by atomic mass is 32.2. The van der Waals surface area contributed by atoms with E-state index in [-0.39, 0.29) is 0 Å². The predicted molar refractivity (Wildman–Crippen MR) is 91.2 cm³/mol. The lowest BCUT2D eigenvalue weighted by atomic mass is 10.0. The number of nitrogens with one attached hydrogen (secondary N) is 1. The summed E-state index contributed by atoms with van der Waals surface area (Å²) in [5, 5.41) is 3.61. The molecule has 4 heteroatoms. The smallest absolute Gasteiger partial charge is 0.0244 e. The summed E-state index contributed by atoms with van der Waals surface area (Å²) in [6.07, 6.45) is 6.44. The molecule has 1 atom stereocenters. The lowest BCUT2D eigenvalue weighted by molar-refractivity contribution is 0.200. The Morgan fingerprint density at radius 1 is 1.24 bits per heavy atom. The summed E-state index contributed by atoms with van der Waals surface area (Å²) >= 11 is 0. The van der Waals surface area contributed by atoms with Crippen molar-refractivity contribution in [1.29, 1.82) is 0 Å². The van der Waals surface area contributed by atoms with Crippen LogP contribution in [0.3, 0.4) is 0 Å². The van der Waals surface area contributed by atoms with E-state index in [0.717, 1.165) is 25.1 Å². The van der Waals surface area contributed by atoms with Crippen LogP contribution in [-0.2, 0) is 17.2 Å². The van der Waals surface area contributed by atoms with Crippen molar-refractivity contribution in [2.45, 2.75) is 31.7 Å². The molecular formula is C17H28N2OS. The molecule has 1 saturated heterocycles. The molecule has 0 aliphatic carbocycles. The third kappa shape index (κ3) is 6.72. The lowest BCUT2D eigenvalue weighted by Gasteiger charge is -2.32. The van der Waals surface area contributed by atoms with Gasteiger partial charge in [0.2, 0.25) is 0 Å². The molecule has 0 aromatic heterocycles. The summed E-state index contributed by atoms with van der Waals surface area (Å²) in [6.45, 7) is 4.58. The Morgan fingerprint density at radius 2 is 1.95 bits per heavy atom. The van der Waals surface area contributed by atoms with Gasteiger partial charge in [-0.05, 0) is 50.9 Å². The molecule has 1 N–H and O–H groups in total. The first kappa shape index (κ1) is 16.7. The van der Waals surface area contributed by atoms with Crippen molar-refractivity contribution in [3.63, 3.8) is 0 Å². The van der Waals surface area contributed by atoms with E-state index in [0.29, 0.717) is 6.04 Å². The second-order valence-corrected chi connectivity index (χ2v) is 7.49. The molecule has 0 bridgehead atoms. The molecule has 3 nitrogen and oxygen atoms in total. The fourth-order valence-electron chi connectivity index (χ4n) is 2.87. The van der Waals surface area contributed by atoms with Crippen molar-refractivity contribution < 1.29 is 4.21 Å². The summed E-state index contributed by atoms with van der Waals surface area (Å²) in [5.41, 5.74) is 1.44. The second kappa shape index (κ2) is 9.34. The minimum absolute atomic E-state index is 0.647. The SMILES string of the molecule is CS(=O)CCCNC1CCN(CCc2ccccc2)CC1. The van der Waals surface area contributed by atoms with Gasteiger partial charge in [0, 0.05) is 35.4 Å². The van der Waals surface area contributed by atoms with E-state index in [2.05, 4.69) is 40.5 Å². The molecular weight excluding hydrogens is 280 g/mol. The molecule has 1 heterocycles. The molecule has 1 aromatic carbocycles. The van der Waals surface area contributed by atoms with Crippen LogP contribution in [-0.4, -0.2) is 53.3 Å². The van der Waals surface area contributed by atoms with Gasteiger partial charge in [-0.25, -0.2) is 0 Å². The van der Waals surface area contributed by atoms with Gasteiger partial charge in [0.05, 0.1) is 0 Å². The molecule has 0 radical (unpaired) electrons. The molecule has 1 aliphatic heterocycles. The Balaban J connectivity index is 1.57. The Kier molecular flexibility index (Phi) is 7.41. The fraction of sp³-hybridized carbons (Fsp3) is 0.647. The maximum atomic E-state index is 11.0. The third-order valence-electron chi connectivity index (χ3n) is 4.19. The summed E-state index contributed by atoms with van der Waals surface area (Å²) in [6, 6.07) is 11.4.